The predicted octanol–water partition coefficient (Wildman–Crippen LogP) is 3.40. The van der Waals surface area contributed by atoms with Crippen LogP contribution in [0.25, 0.3) is 0 Å². The maximum Gasteiger partial charge on any atom is 0.130 e. The highest BCUT2D eigenvalue weighted by atomic mass is 15.4. The Labute approximate surface area is 139 Å². The maximum atomic E-state index is 2.38. The van der Waals surface area contributed by atoms with Crippen molar-refractivity contribution in [3.05, 3.63) is 48.0 Å². The Kier molecular flexibility index (Phi) is 3.84. The lowest BCUT2D eigenvalue weighted by atomic mass is 10.1. The number of hydrogen-bond donors (Lipinski definition) is 0. The third kappa shape index (κ3) is 2.38. The van der Waals surface area contributed by atoms with Gasteiger partial charge >= 0.3 is 0 Å². The van der Waals surface area contributed by atoms with E-state index in [1.165, 1.54) is 28.3 Å². The fourth-order valence-electron chi connectivity index (χ4n) is 3.57. The van der Waals surface area contributed by atoms with E-state index in [2.05, 4.69) is 104 Å². The van der Waals surface area contributed by atoms with Crippen molar-refractivity contribution < 1.29 is 0 Å². The second-order valence-corrected chi connectivity index (χ2v) is 6.59. The Balaban J connectivity index is 2.13. The summed E-state index contributed by atoms with van der Waals surface area (Å²) in [6.07, 6.45) is 0.199. The van der Waals surface area contributed by atoms with E-state index in [0.717, 1.165) is 0 Å². The van der Waals surface area contributed by atoms with Crippen molar-refractivity contribution >= 4 is 22.7 Å². The number of nitrogens with zero attached hydrogens (tertiary/aromatic N) is 4. The van der Waals surface area contributed by atoms with Crippen LogP contribution in [-0.4, -0.2) is 42.3 Å². The molecule has 0 amide bonds. The standard InChI is InChI=1S/C19H26N4/c1-20(2)15-11-8-7-10-14(15)19-22(5)17-13-9-12-16(21(3)4)18(17)23(19)6/h7-13,19H,1-6H3. The molecule has 0 N–H and O–H groups in total. The van der Waals surface area contributed by atoms with Gasteiger partial charge in [0.2, 0.25) is 0 Å². The van der Waals surface area contributed by atoms with Crippen LogP contribution in [-0.2, 0) is 0 Å². The molecule has 1 atom stereocenters. The third-order valence-electron chi connectivity index (χ3n) is 4.64. The molecule has 2 aromatic carbocycles. The molecule has 0 aliphatic carbocycles. The average Bonchev–Trinajstić information content (AvgIpc) is 2.78. The maximum absolute atomic E-state index is 2.38. The van der Waals surface area contributed by atoms with Gasteiger partial charge in [-0.25, -0.2) is 0 Å². The van der Waals surface area contributed by atoms with Gasteiger partial charge in [-0.05, 0) is 18.2 Å². The Hall–Kier alpha value is -2.36. The Morgan fingerprint density at radius 1 is 0.739 bits per heavy atom. The van der Waals surface area contributed by atoms with E-state index in [-0.39, 0.29) is 6.17 Å². The van der Waals surface area contributed by atoms with Crippen molar-refractivity contribution in [2.24, 2.45) is 0 Å². The molecule has 0 saturated carbocycles. The lowest BCUT2D eigenvalue weighted by Crippen LogP contribution is -2.32. The first-order valence-corrected chi connectivity index (χ1v) is 7.95. The van der Waals surface area contributed by atoms with Crippen molar-refractivity contribution in [2.75, 3.05) is 61.9 Å². The number of rotatable bonds is 3. The molecule has 1 heterocycles. The van der Waals surface area contributed by atoms with Crippen molar-refractivity contribution in [1.82, 2.24) is 0 Å². The monoisotopic (exact) mass is 310 g/mol. The highest BCUT2D eigenvalue weighted by molar-refractivity contribution is 5.89. The second-order valence-electron chi connectivity index (χ2n) is 6.59. The van der Waals surface area contributed by atoms with Crippen LogP contribution < -0.4 is 19.6 Å². The van der Waals surface area contributed by atoms with Crippen LogP contribution in [0.5, 0.6) is 0 Å². The number of benzene rings is 2. The molecule has 23 heavy (non-hydrogen) atoms. The number of fused-ring (bicyclic) bond motifs is 1. The minimum atomic E-state index is 0.199. The van der Waals surface area contributed by atoms with Crippen LogP contribution in [0.15, 0.2) is 42.5 Å². The molecule has 0 bridgehead atoms. The van der Waals surface area contributed by atoms with Crippen LogP contribution in [0, 0.1) is 0 Å². The zero-order valence-electron chi connectivity index (χ0n) is 14.9. The summed E-state index contributed by atoms with van der Waals surface area (Å²) in [6.45, 7) is 0. The Bertz CT molecular complexity index is 708. The summed E-state index contributed by atoms with van der Waals surface area (Å²) < 4.78 is 0. The first-order chi connectivity index (χ1) is 10.9. The molecular weight excluding hydrogens is 284 g/mol. The van der Waals surface area contributed by atoms with Gasteiger partial charge in [-0.1, -0.05) is 24.3 Å². The molecule has 0 radical (unpaired) electrons. The van der Waals surface area contributed by atoms with E-state index in [1.807, 2.05) is 0 Å². The van der Waals surface area contributed by atoms with Crippen molar-refractivity contribution in [3.63, 3.8) is 0 Å². The van der Waals surface area contributed by atoms with Gasteiger partial charge in [-0.15, -0.1) is 0 Å². The van der Waals surface area contributed by atoms with Gasteiger partial charge in [0.1, 0.15) is 6.17 Å². The smallest absolute Gasteiger partial charge is 0.130 e. The summed E-state index contributed by atoms with van der Waals surface area (Å²) >= 11 is 0. The van der Waals surface area contributed by atoms with Gasteiger partial charge in [0.15, 0.2) is 0 Å². The first kappa shape index (κ1) is 15.5. The molecule has 1 aliphatic rings. The summed E-state index contributed by atoms with van der Waals surface area (Å²) in [5.41, 5.74) is 6.40. The highest BCUT2D eigenvalue weighted by Crippen LogP contribution is 2.50. The molecule has 1 unspecified atom stereocenters. The van der Waals surface area contributed by atoms with Crippen LogP contribution in [0.3, 0.4) is 0 Å². The molecule has 122 valence electrons. The number of para-hydroxylation sites is 2. The lowest BCUT2D eigenvalue weighted by Gasteiger charge is -2.32. The molecule has 2 aromatic rings. The van der Waals surface area contributed by atoms with Gasteiger partial charge < -0.3 is 19.6 Å². The molecule has 1 aliphatic heterocycles. The molecular formula is C19H26N4. The van der Waals surface area contributed by atoms with Crippen LogP contribution in [0.1, 0.15) is 11.7 Å². The van der Waals surface area contributed by atoms with E-state index in [0.29, 0.717) is 0 Å². The van der Waals surface area contributed by atoms with Crippen LogP contribution >= 0.6 is 0 Å². The molecule has 0 saturated heterocycles. The number of hydrogen-bond acceptors (Lipinski definition) is 4. The van der Waals surface area contributed by atoms with Crippen LogP contribution in [0.2, 0.25) is 0 Å². The molecule has 0 fully saturated rings. The molecule has 3 rings (SSSR count). The second kappa shape index (κ2) is 5.69. The fourth-order valence-corrected chi connectivity index (χ4v) is 3.57. The Morgan fingerprint density at radius 3 is 2.00 bits per heavy atom. The average molecular weight is 310 g/mol. The van der Waals surface area contributed by atoms with Gasteiger partial charge in [-0.3, -0.25) is 0 Å². The highest BCUT2D eigenvalue weighted by Gasteiger charge is 2.35. The van der Waals surface area contributed by atoms with Gasteiger partial charge in [0, 0.05) is 53.5 Å². The number of anilines is 4. The minimum absolute atomic E-state index is 0.199. The summed E-state index contributed by atoms with van der Waals surface area (Å²) in [5.74, 6) is 0. The van der Waals surface area contributed by atoms with Crippen molar-refractivity contribution in [1.29, 1.82) is 0 Å². The summed E-state index contributed by atoms with van der Waals surface area (Å²) in [5, 5.41) is 0. The summed E-state index contributed by atoms with van der Waals surface area (Å²) in [7, 11) is 12.8. The quantitative estimate of drug-likeness (QED) is 0.861. The molecule has 0 spiro atoms. The molecule has 0 aromatic heterocycles. The predicted molar refractivity (Wildman–Crippen MR) is 101 cm³/mol. The van der Waals surface area contributed by atoms with E-state index in [1.54, 1.807) is 0 Å². The van der Waals surface area contributed by atoms with E-state index in [9.17, 15) is 0 Å². The largest absolute Gasteiger partial charge is 0.377 e. The first-order valence-electron chi connectivity index (χ1n) is 7.95. The Morgan fingerprint density at radius 2 is 1.35 bits per heavy atom. The van der Waals surface area contributed by atoms with Gasteiger partial charge in [0.05, 0.1) is 17.1 Å². The SMILES string of the molecule is CN(C)c1ccccc1C1N(C)c2cccc(N(C)C)c2N1C. The summed E-state index contributed by atoms with van der Waals surface area (Å²) in [6, 6.07) is 15.2. The topological polar surface area (TPSA) is 13.0 Å². The van der Waals surface area contributed by atoms with Gasteiger partial charge in [-0.2, -0.15) is 0 Å². The molecule has 4 heteroatoms. The van der Waals surface area contributed by atoms with Crippen molar-refractivity contribution in [3.8, 4) is 0 Å². The molecule has 4 nitrogen and oxygen atoms in total. The van der Waals surface area contributed by atoms with E-state index in [4.69, 9.17) is 0 Å². The van der Waals surface area contributed by atoms with Gasteiger partial charge in [0.25, 0.3) is 0 Å². The third-order valence-corrected chi connectivity index (χ3v) is 4.64. The van der Waals surface area contributed by atoms with E-state index < -0.39 is 0 Å². The lowest BCUT2D eigenvalue weighted by molar-refractivity contribution is 0.693. The van der Waals surface area contributed by atoms with Crippen LogP contribution in [0.4, 0.5) is 22.7 Å². The summed E-state index contributed by atoms with van der Waals surface area (Å²) in [4.78, 5) is 9.12. The zero-order chi connectivity index (χ0) is 16.7. The normalized spacial score (nSPS) is 16.5. The zero-order valence-corrected chi connectivity index (χ0v) is 14.9. The fraction of sp³-hybridized carbons (Fsp3) is 0.368. The minimum Gasteiger partial charge on any atom is -0.377 e. The van der Waals surface area contributed by atoms with Crippen molar-refractivity contribution in [2.45, 2.75) is 6.17 Å². The van der Waals surface area contributed by atoms with E-state index >= 15 is 0 Å².